The van der Waals surface area contributed by atoms with E-state index in [1.807, 2.05) is 7.05 Å². The Morgan fingerprint density at radius 1 is 1.11 bits per heavy atom. The minimum atomic E-state index is 0.392. The van der Waals surface area contributed by atoms with Gasteiger partial charge in [-0.2, -0.15) is 0 Å². The monoisotopic (exact) mass is 267 g/mol. The maximum atomic E-state index is 6.14. The molecule has 1 rings (SSSR count). The molecule has 0 fully saturated rings. The highest BCUT2D eigenvalue weighted by Crippen LogP contribution is 2.28. The average molecular weight is 268 g/mol. The number of aryl methyl sites for hydroxylation is 3. The summed E-state index contributed by atoms with van der Waals surface area (Å²) < 4.78 is 0. The number of benzene rings is 1. The largest absolute Gasteiger partial charge is 0.320 e. The summed E-state index contributed by atoms with van der Waals surface area (Å²) in [4.78, 5) is 0. The summed E-state index contributed by atoms with van der Waals surface area (Å²) in [7, 11) is 2.02. The van der Waals surface area contributed by atoms with Crippen molar-refractivity contribution in [1.29, 1.82) is 0 Å². The third kappa shape index (κ3) is 4.62. The number of nitrogens with one attached hydrogen (secondary N) is 1. The number of hydrogen-bond acceptors (Lipinski definition) is 1. The van der Waals surface area contributed by atoms with Crippen LogP contribution >= 0.6 is 11.6 Å². The predicted molar refractivity (Wildman–Crippen MR) is 81.6 cm³/mol. The topological polar surface area (TPSA) is 12.0 Å². The van der Waals surface area contributed by atoms with Crippen molar-refractivity contribution >= 4 is 11.6 Å². The molecule has 1 nitrogen and oxygen atoms in total. The van der Waals surface area contributed by atoms with E-state index in [0.717, 1.165) is 18.0 Å². The average Bonchev–Trinajstić information content (AvgIpc) is 2.30. The lowest BCUT2D eigenvalue weighted by Crippen LogP contribution is -2.20. The summed E-state index contributed by atoms with van der Waals surface area (Å²) in [5, 5.41) is 4.11. The number of hydrogen-bond donors (Lipinski definition) is 1. The van der Waals surface area contributed by atoms with E-state index in [9.17, 15) is 0 Å². The Morgan fingerprint density at radius 3 is 2.39 bits per heavy atom. The van der Waals surface area contributed by atoms with E-state index >= 15 is 0 Å². The van der Waals surface area contributed by atoms with Crippen LogP contribution in [0.1, 0.15) is 43.4 Å². The molecule has 102 valence electrons. The molecule has 0 saturated carbocycles. The molecule has 0 radical (unpaired) electrons. The maximum absolute atomic E-state index is 6.14. The van der Waals surface area contributed by atoms with Gasteiger partial charge in [0.1, 0.15) is 0 Å². The zero-order valence-electron chi connectivity index (χ0n) is 12.4. The molecule has 0 amide bonds. The van der Waals surface area contributed by atoms with Gasteiger partial charge in [-0.05, 0) is 74.9 Å². The van der Waals surface area contributed by atoms with E-state index in [4.69, 9.17) is 11.6 Å². The van der Waals surface area contributed by atoms with Crippen molar-refractivity contribution in [3.8, 4) is 0 Å². The van der Waals surface area contributed by atoms with Crippen LogP contribution < -0.4 is 5.32 Å². The molecule has 2 heteroatoms. The smallest absolute Gasteiger partial charge is 0.0438 e. The van der Waals surface area contributed by atoms with E-state index in [1.165, 1.54) is 29.5 Å². The third-order valence-electron chi connectivity index (χ3n) is 3.74. The van der Waals surface area contributed by atoms with Crippen molar-refractivity contribution in [3.63, 3.8) is 0 Å². The molecule has 1 aromatic rings. The number of rotatable bonds is 6. The van der Waals surface area contributed by atoms with E-state index in [0.29, 0.717) is 5.41 Å². The lowest BCUT2D eigenvalue weighted by atomic mass is 9.82. The maximum Gasteiger partial charge on any atom is 0.0438 e. The van der Waals surface area contributed by atoms with Gasteiger partial charge in [0.05, 0.1) is 0 Å². The van der Waals surface area contributed by atoms with Gasteiger partial charge in [0.2, 0.25) is 0 Å². The highest BCUT2D eigenvalue weighted by molar-refractivity contribution is 6.31. The van der Waals surface area contributed by atoms with Gasteiger partial charge in [-0.3, -0.25) is 0 Å². The van der Waals surface area contributed by atoms with Gasteiger partial charge in [-0.25, -0.2) is 0 Å². The molecule has 1 N–H and O–H groups in total. The molecule has 0 aromatic heterocycles. The normalized spacial score (nSPS) is 11.9. The van der Waals surface area contributed by atoms with Gasteiger partial charge < -0.3 is 5.32 Å². The second-order valence-electron chi connectivity index (χ2n) is 6.05. The fourth-order valence-corrected chi connectivity index (χ4v) is 2.39. The van der Waals surface area contributed by atoms with Crippen LogP contribution in [0.2, 0.25) is 5.02 Å². The Balaban J connectivity index is 2.66. The second-order valence-corrected chi connectivity index (χ2v) is 6.45. The first-order chi connectivity index (χ1) is 8.35. The quantitative estimate of drug-likeness (QED) is 0.799. The van der Waals surface area contributed by atoms with Gasteiger partial charge in [0.25, 0.3) is 0 Å². The van der Waals surface area contributed by atoms with Gasteiger partial charge in [0, 0.05) is 5.02 Å². The lowest BCUT2D eigenvalue weighted by Gasteiger charge is -2.25. The van der Waals surface area contributed by atoms with Gasteiger partial charge in [-0.15, -0.1) is 0 Å². The highest BCUT2D eigenvalue weighted by Gasteiger charge is 2.17. The number of halogens is 1. The zero-order chi connectivity index (χ0) is 13.8. The first-order valence-electron chi connectivity index (χ1n) is 6.76. The van der Waals surface area contributed by atoms with Crippen LogP contribution in [0.15, 0.2) is 12.1 Å². The molecule has 0 saturated heterocycles. The van der Waals surface area contributed by atoms with E-state index in [2.05, 4.69) is 45.1 Å². The molecular weight excluding hydrogens is 242 g/mol. The molecule has 0 aliphatic rings. The molecular formula is C16H26ClN. The van der Waals surface area contributed by atoms with Crippen LogP contribution in [0, 0.1) is 19.3 Å². The van der Waals surface area contributed by atoms with Crippen molar-refractivity contribution in [2.75, 3.05) is 13.6 Å². The van der Waals surface area contributed by atoms with Gasteiger partial charge in [-0.1, -0.05) is 31.5 Å². The third-order valence-corrected chi connectivity index (χ3v) is 4.15. The SMILES string of the molecule is CNCCC(C)(C)CCc1cc(C)c(Cl)cc1C. The standard InChI is InChI=1S/C16H26ClN/c1-12-11-15(17)13(2)10-14(12)6-7-16(3,4)8-9-18-5/h10-11,18H,6-9H2,1-5H3. The van der Waals surface area contributed by atoms with Crippen LogP contribution in [0.3, 0.4) is 0 Å². The first-order valence-corrected chi connectivity index (χ1v) is 7.14. The molecule has 1 aromatic carbocycles. The minimum absolute atomic E-state index is 0.392. The van der Waals surface area contributed by atoms with Crippen LogP contribution in [0.5, 0.6) is 0 Å². The molecule has 0 unspecified atom stereocenters. The summed E-state index contributed by atoms with van der Waals surface area (Å²) in [5.41, 5.74) is 4.33. The highest BCUT2D eigenvalue weighted by atomic mass is 35.5. The van der Waals surface area contributed by atoms with Crippen molar-refractivity contribution < 1.29 is 0 Å². The molecule has 0 bridgehead atoms. The first kappa shape index (κ1) is 15.5. The molecule has 0 heterocycles. The van der Waals surface area contributed by atoms with E-state index in [-0.39, 0.29) is 0 Å². The summed E-state index contributed by atoms with van der Waals surface area (Å²) >= 11 is 6.14. The summed E-state index contributed by atoms with van der Waals surface area (Å²) in [5.74, 6) is 0. The van der Waals surface area contributed by atoms with Gasteiger partial charge >= 0.3 is 0 Å². The molecule has 0 aliphatic carbocycles. The Morgan fingerprint density at radius 2 is 1.78 bits per heavy atom. The lowest BCUT2D eigenvalue weighted by molar-refractivity contribution is 0.305. The molecule has 0 spiro atoms. The van der Waals surface area contributed by atoms with Crippen LogP contribution in [-0.2, 0) is 6.42 Å². The Hall–Kier alpha value is -0.530. The fourth-order valence-electron chi connectivity index (χ4n) is 2.17. The van der Waals surface area contributed by atoms with Crippen molar-refractivity contribution in [3.05, 3.63) is 33.8 Å². The minimum Gasteiger partial charge on any atom is -0.320 e. The summed E-state index contributed by atoms with van der Waals surface area (Å²) in [6.45, 7) is 10.0. The Kier molecular flexibility index (Phi) is 5.68. The predicted octanol–water partition coefficient (Wildman–Crippen LogP) is 4.53. The Labute approximate surface area is 117 Å². The zero-order valence-corrected chi connectivity index (χ0v) is 13.1. The molecule has 0 aliphatic heterocycles. The van der Waals surface area contributed by atoms with E-state index < -0.39 is 0 Å². The van der Waals surface area contributed by atoms with Crippen LogP contribution in [0.25, 0.3) is 0 Å². The summed E-state index contributed by atoms with van der Waals surface area (Å²) in [6.07, 6.45) is 3.58. The van der Waals surface area contributed by atoms with Crippen molar-refractivity contribution in [1.82, 2.24) is 5.32 Å². The van der Waals surface area contributed by atoms with E-state index in [1.54, 1.807) is 0 Å². The molecule has 0 atom stereocenters. The second kappa shape index (κ2) is 6.58. The Bertz CT molecular complexity index is 396. The fraction of sp³-hybridized carbons (Fsp3) is 0.625. The van der Waals surface area contributed by atoms with Crippen molar-refractivity contribution in [2.24, 2.45) is 5.41 Å². The summed E-state index contributed by atoms with van der Waals surface area (Å²) in [6, 6.07) is 4.33. The van der Waals surface area contributed by atoms with Crippen LogP contribution in [0.4, 0.5) is 0 Å². The van der Waals surface area contributed by atoms with Crippen molar-refractivity contribution in [2.45, 2.75) is 47.0 Å². The van der Waals surface area contributed by atoms with Gasteiger partial charge in [0.15, 0.2) is 0 Å². The molecule has 18 heavy (non-hydrogen) atoms. The van der Waals surface area contributed by atoms with Crippen LogP contribution in [-0.4, -0.2) is 13.6 Å².